The zero-order chi connectivity index (χ0) is 18.7. The smallest absolute Gasteiger partial charge is 0.261 e. The van der Waals surface area contributed by atoms with E-state index in [0.717, 1.165) is 5.69 Å². The van der Waals surface area contributed by atoms with Crippen LogP contribution in [0.2, 0.25) is 0 Å². The Morgan fingerprint density at radius 3 is 2.35 bits per heavy atom. The second-order valence-corrected chi connectivity index (χ2v) is 6.48. The molecule has 0 saturated carbocycles. The molecule has 1 heterocycles. The predicted octanol–water partition coefficient (Wildman–Crippen LogP) is 2.83. The van der Waals surface area contributed by atoms with Crippen LogP contribution >= 0.6 is 0 Å². The van der Waals surface area contributed by atoms with Gasteiger partial charge in [0.05, 0.1) is 17.7 Å². The molecule has 2 aromatic rings. The fraction of sp³-hybridized carbons (Fsp3) is 0.250. The first-order valence-corrected chi connectivity index (χ1v) is 8.59. The number of benzene rings is 2. The second kappa shape index (κ2) is 7.39. The van der Waals surface area contributed by atoms with Crippen LogP contribution in [-0.4, -0.2) is 35.8 Å². The highest BCUT2D eigenvalue weighted by Crippen LogP contribution is 2.22. The van der Waals surface area contributed by atoms with Crippen molar-refractivity contribution in [2.45, 2.75) is 19.8 Å². The number of aliphatic imine (C=N–C) groups is 1. The number of hydrogen-bond donors (Lipinski definition) is 2. The monoisotopic (exact) mass is 350 g/mol. The van der Waals surface area contributed by atoms with E-state index >= 15 is 0 Å². The Bertz CT molecular complexity index is 839. The number of nitrogens with zero attached hydrogens (tertiary/aromatic N) is 2. The molecule has 0 unspecified atom stereocenters. The number of guanidine groups is 1. The van der Waals surface area contributed by atoms with E-state index in [9.17, 15) is 9.59 Å². The van der Waals surface area contributed by atoms with E-state index in [2.05, 4.69) is 30.2 Å². The molecule has 2 amide bonds. The molecule has 26 heavy (non-hydrogen) atoms. The van der Waals surface area contributed by atoms with Gasteiger partial charge < -0.3 is 11.1 Å². The second-order valence-electron chi connectivity index (χ2n) is 6.48. The molecule has 0 atom stereocenters. The number of fused-ring (bicyclic) bond motifs is 1. The molecule has 0 bridgehead atoms. The maximum atomic E-state index is 12.3. The minimum atomic E-state index is -0.281. The van der Waals surface area contributed by atoms with Crippen molar-refractivity contribution in [3.8, 4) is 0 Å². The Labute approximate surface area is 152 Å². The van der Waals surface area contributed by atoms with Gasteiger partial charge in [-0.3, -0.25) is 19.5 Å². The molecule has 3 N–H and O–H groups in total. The van der Waals surface area contributed by atoms with Gasteiger partial charge in [0.2, 0.25) is 0 Å². The number of carbonyl (C=O) groups is 2. The highest BCUT2D eigenvalue weighted by molar-refractivity contribution is 6.21. The molecule has 1 aliphatic rings. The molecule has 6 nitrogen and oxygen atoms in total. The van der Waals surface area contributed by atoms with Gasteiger partial charge in [0.15, 0.2) is 5.96 Å². The van der Waals surface area contributed by atoms with Crippen molar-refractivity contribution in [1.82, 2.24) is 4.90 Å². The summed E-state index contributed by atoms with van der Waals surface area (Å²) >= 11 is 0. The molecule has 0 aromatic heterocycles. The average Bonchev–Trinajstić information content (AvgIpc) is 2.87. The molecule has 6 heteroatoms. The van der Waals surface area contributed by atoms with Gasteiger partial charge in [0, 0.05) is 12.2 Å². The summed E-state index contributed by atoms with van der Waals surface area (Å²) in [7, 11) is 0. The van der Waals surface area contributed by atoms with Gasteiger partial charge in [-0.2, -0.15) is 0 Å². The third-order valence-corrected chi connectivity index (χ3v) is 4.31. The third kappa shape index (κ3) is 3.59. The van der Waals surface area contributed by atoms with Crippen LogP contribution in [0.15, 0.2) is 53.5 Å². The van der Waals surface area contributed by atoms with Crippen LogP contribution in [-0.2, 0) is 0 Å². The first-order valence-electron chi connectivity index (χ1n) is 8.59. The van der Waals surface area contributed by atoms with Crippen molar-refractivity contribution in [3.05, 3.63) is 65.2 Å². The fourth-order valence-corrected chi connectivity index (χ4v) is 2.88. The summed E-state index contributed by atoms with van der Waals surface area (Å²) in [6.45, 7) is 4.69. The van der Waals surface area contributed by atoms with Crippen LogP contribution in [0.1, 0.15) is 46.0 Å². The summed E-state index contributed by atoms with van der Waals surface area (Å²) in [5.41, 5.74) is 8.87. The number of anilines is 1. The summed E-state index contributed by atoms with van der Waals surface area (Å²) in [4.78, 5) is 30.0. The van der Waals surface area contributed by atoms with Crippen molar-refractivity contribution in [2.75, 3.05) is 18.4 Å². The summed E-state index contributed by atoms with van der Waals surface area (Å²) in [6, 6.07) is 14.8. The number of rotatable bonds is 5. The van der Waals surface area contributed by atoms with Crippen LogP contribution in [0.4, 0.5) is 5.69 Å². The molecule has 1 aliphatic heterocycles. The van der Waals surface area contributed by atoms with Crippen molar-refractivity contribution >= 4 is 23.5 Å². The number of amides is 2. The van der Waals surface area contributed by atoms with Crippen molar-refractivity contribution in [1.29, 1.82) is 0 Å². The van der Waals surface area contributed by atoms with Gasteiger partial charge in [-0.15, -0.1) is 0 Å². The van der Waals surface area contributed by atoms with Crippen LogP contribution in [0, 0.1) is 0 Å². The van der Waals surface area contributed by atoms with E-state index in [0.29, 0.717) is 17.0 Å². The maximum absolute atomic E-state index is 12.3. The molecule has 0 saturated heterocycles. The average molecular weight is 350 g/mol. The lowest BCUT2D eigenvalue weighted by Gasteiger charge is -2.13. The lowest BCUT2D eigenvalue weighted by Crippen LogP contribution is -2.33. The van der Waals surface area contributed by atoms with E-state index in [1.54, 1.807) is 24.3 Å². The topological polar surface area (TPSA) is 87.8 Å². The Hall–Kier alpha value is -3.15. The largest absolute Gasteiger partial charge is 0.370 e. The van der Waals surface area contributed by atoms with E-state index in [1.807, 2.05) is 18.2 Å². The molecular formula is C20H22N4O2. The molecular weight excluding hydrogens is 328 g/mol. The summed E-state index contributed by atoms with van der Waals surface area (Å²) < 4.78 is 0. The molecule has 0 spiro atoms. The van der Waals surface area contributed by atoms with E-state index < -0.39 is 0 Å². The Morgan fingerprint density at radius 2 is 1.73 bits per heavy atom. The molecule has 3 rings (SSSR count). The SMILES string of the molecule is CC(C)c1cccc(NC(N)=NCCN2C(=O)c3ccccc3C2=O)c1. The van der Waals surface area contributed by atoms with Gasteiger partial charge >= 0.3 is 0 Å². The molecule has 134 valence electrons. The van der Waals surface area contributed by atoms with Gasteiger partial charge in [0.1, 0.15) is 0 Å². The lowest BCUT2D eigenvalue weighted by molar-refractivity contribution is 0.0659. The highest BCUT2D eigenvalue weighted by Gasteiger charge is 2.34. The summed E-state index contributed by atoms with van der Waals surface area (Å²) in [5, 5.41) is 3.04. The van der Waals surface area contributed by atoms with E-state index in [1.165, 1.54) is 10.5 Å². The van der Waals surface area contributed by atoms with E-state index in [-0.39, 0.29) is 30.9 Å². The van der Waals surface area contributed by atoms with Gasteiger partial charge in [-0.25, -0.2) is 0 Å². The van der Waals surface area contributed by atoms with Gasteiger partial charge in [0.25, 0.3) is 11.8 Å². The summed E-state index contributed by atoms with van der Waals surface area (Å²) in [6.07, 6.45) is 0. The van der Waals surface area contributed by atoms with Crippen molar-refractivity contribution in [2.24, 2.45) is 10.7 Å². The maximum Gasteiger partial charge on any atom is 0.261 e. The molecule has 0 aliphatic carbocycles. The minimum Gasteiger partial charge on any atom is -0.370 e. The Balaban J connectivity index is 1.60. The number of carbonyl (C=O) groups excluding carboxylic acids is 2. The Morgan fingerprint density at radius 1 is 1.08 bits per heavy atom. The Kier molecular flexibility index (Phi) is 5.02. The predicted molar refractivity (Wildman–Crippen MR) is 102 cm³/mol. The minimum absolute atomic E-state index is 0.195. The fourth-order valence-electron chi connectivity index (χ4n) is 2.88. The standard InChI is InChI=1S/C20H22N4O2/c1-13(2)14-6-5-7-15(12-14)23-20(21)22-10-11-24-18(25)16-8-3-4-9-17(16)19(24)26/h3-9,12-13H,10-11H2,1-2H3,(H3,21,22,23). The normalized spacial score (nSPS) is 14.1. The number of nitrogens with two attached hydrogens (primary N) is 1. The first kappa shape index (κ1) is 17.7. The number of imide groups is 1. The first-order chi connectivity index (χ1) is 12.5. The lowest BCUT2D eigenvalue weighted by atomic mass is 10.0. The summed E-state index contributed by atoms with van der Waals surface area (Å²) in [5.74, 6) is 0.111. The highest BCUT2D eigenvalue weighted by atomic mass is 16.2. The van der Waals surface area contributed by atoms with Crippen LogP contribution < -0.4 is 11.1 Å². The van der Waals surface area contributed by atoms with Crippen molar-refractivity contribution in [3.63, 3.8) is 0 Å². The molecule has 2 aromatic carbocycles. The van der Waals surface area contributed by atoms with Crippen LogP contribution in [0.25, 0.3) is 0 Å². The van der Waals surface area contributed by atoms with Gasteiger partial charge in [-0.05, 0) is 35.7 Å². The zero-order valence-electron chi connectivity index (χ0n) is 14.9. The van der Waals surface area contributed by atoms with Crippen LogP contribution in [0.3, 0.4) is 0 Å². The quantitative estimate of drug-likeness (QED) is 0.493. The van der Waals surface area contributed by atoms with Crippen molar-refractivity contribution < 1.29 is 9.59 Å². The third-order valence-electron chi connectivity index (χ3n) is 4.31. The number of hydrogen-bond acceptors (Lipinski definition) is 3. The molecule has 0 fully saturated rings. The van der Waals surface area contributed by atoms with E-state index in [4.69, 9.17) is 5.73 Å². The zero-order valence-corrected chi connectivity index (χ0v) is 14.9. The van der Waals surface area contributed by atoms with Crippen LogP contribution in [0.5, 0.6) is 0 Å². The number of nitrogens with one attached hydrogen (secondary N) is 1. The van der Waals surface area contributed by atoms with Gasteiger partial charge in [-0.1, -0.05) is 38.1 Å². The molecule has 0 radical (unpaired) electrons.